The van der Waals surface area contributed by atoms with Crippen molar-refractivity contribution >= 4 is 0 Å². The SMILES string of the molecule is C=C1/C(=C\C=C2/CCC[C@@]3(C)[C@@H]2CC[C@@H]3[C@H](C)CCCC(C)(C)O)C[C@@H](O)[C@H](OCCCO)[C@@H]1O. The fraction of sp³-hybridized carbons (Fsp3) is 0.800. The quantitative estimate of drug-likeness (QED) is 0.321. The molecule has 3 fully saturated rings. The lowest BCUT2D eigenvalue weighted by Gasteiger charge is -2.44. The van der Waals surface area contributed by atoms with Crippen LogP contribution in [0, 0.1) is 23.2 Å². The average Bonchev–Trinajstić information content (AvgIpc) is 3.14. The van der Waals surface area contributed by atoms with Gasteiger partial charge in [0.05, 0.1) is 11.7 Å². The Morgan fingerprint density at radius 1 is 1.20 bits per heavy atom. The molecule has 0 aliphatic heterocycles. The normalized spacial score (nSPS) is 37.1. The Hall–Kier alpha value is -0.980. The first-order valence-corrected chi connectivity index (χ1v) is 13.9. The molecule has 0 amide bonds. The summed E-state index contributed by atoms with van der Waals surface area (Å²) < 4.78 is 5.63. The molecule has 0 aromatic rings. The van der Waals surface area contributed by atoms with Crippen LogP contribution in [0.2, 0.25) is 0 Å². The van der Waals surface area contributed by atoms with E-state index in [1.807, 2.05) is 13.8 Å². The maximum absolute atomic E-state index is 10.7. The molecule has 0 unspecified atom stereocenters. The first-order chi connectivity index (χ1) is 16.5. The predicted molar refractivity (Wildman–Crippen MR) is 141 cm³/mol. The van der Waals surface area contributed by atoms with E-state index >= 15 is 0 Å². The molecule has 0 saturated heterocycles. The Morgan fingerprint density at radius 3 is 2.63 bits per heavy atom. The van der Waals surface area contributed by atoms with Gasteiger partial charge in [-0.2, -0.15) is 0 Å². The first kappa shape index (κ1) is 28.6. The van der Waals surface area contributed by atoms with Gasteiger partial charge in [0.2, 0.25) is 0 Å². The smallest absolute Gasteiger partial charge is 0.114 e. The molecule has 5 nitrogen and oxygen atoms in total. The molecular weight excluding hydrogens is 440 g/mol. The van der Waals surface area contributed by atoms with E-state index in [1.165, 1.54) is 37.7 Å². The molecule has 3 rings (SSSR count). The molecule has 7 atom stereocenters. The molecule has 35 heavy (non-hydrogen) atoms. The van der Waals surface area contributed by atoms with Crippen LogP contribution in [0.5, 0.6) is 0 Å². The molecule has 0 aromatic carbocycles. The van der Waals surface area contributed by atoms with Crippen LogP contribution >= 0.6 is 0 Å². The minimum absolute atomic E-state index is 0.0269. The highest BCUT2D eigenvalue weighted by atomic mass is 16.5. The van der Waals surface area contributed by atoms with Crippen LogP contribution in [-0.2, 0) is 4.74 Å². The summed E-state index contributed by atoms with van der Waals surface area (Å²) in [6, 6.07) is 0. The molecule has 0 aromatic heterocycles. The molecule has 0 heterocycles. The molecule has 3 aliphatic rings. The number of ether oxygens (including phenoxy) is 1. The molecule has 200 valence electrons. The van der Waals surface area contributed by atoms with Gasteiger partial charge in [0.25, 0.3) is 0 Å². The topological polar surface area (TPSA) is 90.2 Å². The van der Waals surface area contributed by atoms with Crippen molar-refractivity contribution in [3.05, 3.63) is 35.5 Å². The average molecular weight is 491 g/mol. The fourth-order valence-electron chi connectivity index (χ4n) is 7.21. The van der Waals surface area contributed by atoms with E-state index in [0.717, 1.165) is 30.8 Å². The zero-order valence-electron chi connectivity index (χ0n) is 22.5. The third-order valence-corrected chi connectivity index (χ3v) is 9.17. The molecule has 0 bridgehead atoms. The summed E-state index contributed by atoms with van der Waals surface area (Å²) >= 11 is 0. The van der Waals surface area contributed by atoms with Crippen LogP contribution in [-0.4, -0.2) is 57.6 Å². The monoisotopic (exact) mass is 490 g/mol. The van der Waals surface area contributed by atoms with Crippen LogP contribution in [0.4, 0.5) is 0 Å². The molecule has 0 spiro atoms. The zero-order chi connectivity index (χ0) is 25.8. The minimum Gasteiger partial charge on any atom is -0.396 e. The van der Waals surface area contributed by atoms with E-state index in [0.29, 0.717) is 42.3 Å². The van der Waals surface area contributed by atoms with E-state index in [1.54, 1.807) is 0 Å². The third kappa shape index (κ3) is 6.87. The van der Waals surface area contributed by atoms with Crippen molar-refractivity contribution in [2.75, 3.05) is 13.2 Å². The minimum atomic E-state index is -0.931. The van der Waals surface area contributed by atoms with Gasteiger partial charge in [0.15, 0.2) is 0 Å². The van der Waals surface area contributed by atoms with Crippen molar-refractivity contribution in [2.45, 2.75) is 116 Å². The Kier molecular flexibility index (Phi) is 9.84. The van der Waals surface area contributed by atoms with Gasteiger partial charge in [-0.25, -0.2) is 0 Å². The second-order valence-corrected chi connectivity index (χ2v) is 12.4. The summed E-state index contributed by atoms with van der Waals surface area (Å²) in [4.78, 5) is 0. The van der Waals surface area contributed by atoms with Gasteiger partial charge in [-0.1, -0.05) is 51.0 Å². The van der Waals surface area contributed by atoms with Crippen molar-refractivity contribution in [3.63, 3.8) is 0 Å². The molecule has 4 N–H and O–H groups in total. The number of rotatable bonds is 10. The Labute approximate surface area is 213 Å². The number of hydrogen-bond donors (Lipinski definition) is 4. The maximum Gasteiger partial charge on any atom is 0.114 e. The van der Waals surface area contributed by atoms with Crippen molar-refractivity contribution < 1.29 is 25.2 Å². The lowest BCUT2D eigenvalue weighted by molar-refractivity contribution is -0.0968. The van der Waals surface area contributed by atoms with Crippen LogP contribution in [0.1, 0.15) is 91.9 Å². The highest BCUT2D eigenvalue weighted by Gasteiger charge is 2.50. The second kappa shape index (κ2) is 12.0. The van der Waals surface area contributed by atoms with Gasteiger partial charge in [-0.05, 0) is 93.1 Å². The first-order valence-electron chi connectivity index (χ1n) is 13.9. The lowest BCUT2D eigenvalue weighted by atomic mass is 9.60. The third-order valence-electron chi connectivity index (χ3n) is 9.17. The summed E-state index contributed by atoms with van der Waals surface area (Å²) in [5.41, 5.74) is 2.79. The highest BCUT2D eigenvalue weighted by Crippen LogP contribution is 2.60. The summed E-state index contributed by atoms with van der Waals surface area (Å²) in [7, 11) is 0. The van der Waals surface area contributed by atoms with Crippen molar-refractivity contribution in [3.8, 4) is 0 Å². The predicted octanol–water partition coefficient (Wildman–Crippen LogP) is 5.08. The number of aliphatic hydroxyl groups excluding tert-OH is 3. The van der Waals surface area contributed by atoms with Crippen molar-refractivity contribution in [2.24, 2.45) is 23.2 Å². The van der Waals surface area contributed by atoms with Crippen LogP contribution in [0.15, 0.2) is 35.5 Å². The molecule has 0 radical (unpaired) electrons. The van der Waals surface area contributed by atoms with Gasteiger partial charge in [-0.3, -0.25) is 0 Å². The van der Waals surface area contributed by atoms with E-state index in [9.17, 15) is 15.3 Å². The molecule has 3 saturated carbocycles. The Bertz CT molecular complexity index is 778. The van der Waals surface area contributed by atoms with Crippen LogP contribution in [0.3, 0.4) is 0 Å². The number of hydrogen-bond acceptors (Lipinski definition) is 5. The van der Waals surface area contributed by atoms with E-state index in [4.69, 9.17) is 9.84 Å². The molecular formula is C30H50O5. The Morgan fingerprint density at radius 2 is 1.94 bits per heavy atom. The Balaban J connectivity index is 1.67. The highest BCUT2D eigenvalue weighted by molar-refractivity contribution is 5.40. The summed E-state index contributed by atoms with van der Waals surface area (Å²) in [6.45, 7) is 13.2. The summed E-state index contributed by atoms with van der Waals surface area (Å²) in [5, 5.41) is 40.4. The number of fused-ring (bicyclic) bond motifs is 1. The second-order valence-electron chi connectivity index (χ2n) is 12.4. The van der Waals surface area contributed by atoms with Crippen LogP contribution < -0.4 is 0 Å². The van der Waals surface area contributed by atoms with E-state index in [2.05, 4.69) is 32.6 Å². The summed E-state index contributed by atoms with van der Waals surface area (Å²) in [6.07, 6.45) is 12.1. The van der Waals surface area contributed by atoms with Crippen molar-refractivity contribution in [1.82, 2.24) is 0 Å². The van der Waals surface area contributed by atoms with Gasteiger partial charge in [0.1, 0.15) is 12.2 Å². The van der Waals surface area contributed by atoms with Gasteiger partial charge in [-0.15, -0.1) is 0 Å². The van der Waals surface area contributed by atoms with Gasteiger partial charge in [0, 0.05) is 19.6 Å². The largest absolute Gasteiger partial charge is 0.396 e. The number of aliphatic hydroxyl groups is 4. The number of allylic oxidation sites excluding steroid dienone is 3. The fourth-order valence-corrected chi connectivity index (χ4v) is 7.21. The van der Waals surface area contributed by atoms with Gasteiger partial charge >= 0.3 is 0 Å². The molecule has 3 aliphatic carbocycles. The maximum atomic E-state index is 10.7. The lowest BCUT2D eigenvalue weighted by Crippen LogP contribution is -2.45. The van der Waals surface area contributed by atoms with E-state index < -0.39 is 23.9 Å². The molecule has 5 heteroatoms. The van der Waals surface area contributed by atoms with Crippen molar-refractivity contribution in [1.29, 1.82) is 0 Å². The van der Waals surface area contributed by atoms with E-state index in [-0.39, 0.29) is 6.61 Å². The standard InChI is InChI=1S/C30H50O5/c1-20(9-6-15-29(3,4)34)24-13-14-25-22(10-7-16-30(24,25)5)11-12-23-19-26(32)28(27(33)21(23)2)35-18-8-17-31/h11-12,20,24-28,31-34H,2,6-10,13-19H2,1,3-5H3/b22-11+,23-12-/t20-,24-,25-,26-,27-,28+,30-/m1/s1. The zero-order valence-corrected chi connectivity index (χ0v) is 22.5. The van der Waals surface area contributed by atoms with Gasteiger partial charge < -0.3 is 25.2 Å². The summed E-state index contributed by atoms with van der Waals surface area (Å²) in [5.74, 6) is 1.98. The van der Waals surface area contributed by atoms with Crippen LogP contribution in [0.25, 0.3) is 0 Å².